The average molecular weight is 546 g/mol. The second kappa shape index (κ2) is 11.6. The smallest absolute Gasteiger partial charge is 0.250 e. The van der Waals surface area contributed by atoms with Crippen molar-refractivity contribution in [3.63, 3.8) is 0 Å². The molecule has 0 unspecified atom stereocenters. The van der Waals surface area contributed by atoms with Crippen LogP contribution in [0.2, 0.25) is 0 Å². The molecule has 0 aliphatic carbocycles. The maximum atomic E-state index is 12.8. The molecule has 2 atom stereocenters. The lowest BCUT2D eigenvalue weighted by Crippen LogP contribution is -2.47. The summed E-state index contributed by atoms with van der Waals surface area (Å²) in [6.07, 6.45) is 1.10. The first-order chi connectivity index (χ1) is 19.4. The number of para-hydroxylation sites is 1. The lowest BCUT2D eigenvalue weighted by molar-refractivity contribution is 0.107. The molecule has 3 aliphatic rings. The molecule has 2 fully saturated rings. The highest BCUT2D eigenvalue weighted by Gasteiger charge is 2.34. The van der Waals surface area contributed by atoms with E-state index in [2.05, 4.69) is 20.8 Å². The van der Waals surface area contributed by atoms with Gasteiger partial charge in [-0.3, -0.25) is 24.3 Å². The van der Waals surface area contributed by atoms with Crippen molar-refractivity contribution in [3.05, 3.63) is 92.3 Å². The van der Waals surface area contributed by atoms with E-state index < -0.39 is 0 Å². The lowest BCUT2D eigenvalue weighted by atomic mass is 9.83. The Bertz CT molecular complexity index is 1440. The molecule has 2 aromatic heterocycles. The third kappa shape index (κ3) is 5.73. The molecule has 40 heavy (non-hydrogen) atoms. The Labute approximate surface area is 234 Å². The van der Waals surface area contributed by atoms with Gasteiger partial charge in [-0.15, -0.1) is 0 Å². The van der Waals surface area contributed by atoms with Gasteiger partial charge in [0.1, 0.15) is 12.4 Å². The van der Waals surface area contributed by atoms with E-state index in [1.165, 1.54) is 0 Å². The van der Waals surface area contributed by atoms with Gasteiger partial charge in [0, 0.05) is 102 Å². The van der Waals surface area contributed by atoms with Crippen LogP contribution in [0.15, 0.2) is 64.2 Å². The van der Waals surface area contributed by atoms with Crippen LogP contribution in [-0.4, -0.2) is 81.4 Å². The first kappa shape index (κ1) is 26.8. The van der Waals surface area contributed by atoms with Crippen molar-refractivity contribution in [3.8, 4) is 11.5 Å². The van der Waals surface area contributed by atoms with E-state index in [4.69, 9.17) is 4.74 Å². The summed E-state index contributed by atoms with van der Waals surface area (Å²) < 4.78 is 9.81. The normalized spacial score (nSPS) is 21.7. The van der Waals surface area contributed by atoms with Crippen molar-refractivity contribution in [2.45, 2.75) is 32.0 Å². The van der Waals surface area contributed by atoms with Gasteiger partial charge in [-0.25, -0.2) is 0 Å². The van der Waals surface area contributed by atoms with E-state index in [0.29, 0.717) is 37.2 Å². The minimum absolute atomic E-state index is 0.0903. The van der Waals surface area contributed by atoms with Gasteiger partial charge in [-0.1, -0.05) is 24.3 Å². The highest BCUT2D eigenvalue weighted by molar-refractivity contribution is 5.30. The molecule has 1 N–H and O–H groups in total. The Morgan fingerprint density at radius 2 is 1.65 bits per heavy atom. The number of rotatable bonds is 8. The van der Waals surface area contributed by atoms with E-state index in [1.807, 2.05) is 52.6 Å². The molecule has 2 saturated heterocycles. The number of benzene rings is 1. The van der Waals surface area contributed by atoms with Crippen LogP contribution >= 0.6 is 0 Å². The van der Waals surface area contributed by atoms with Crippen LogP contribution < -0.4 is 15.7 Å². The lowest BCUT2D eigenvalue weighted by Gasteiger charge is -2.43. The van der Waals surface area contributed by atoms with Gasteiger partial charge >= 0.3 is 0 Å². The first-order valence-electron chi connectivity index (χ1n) is 14.4. The van der Waals surface area contributed by atoms with Crippen molar-refractivity contribution in [2.75, 3.05) is 52.4 Å². The summed E-state index contributed by atoms with van der Waals surface area (Å²) in [5, 5.41) is 10.7. The quantitative estimate of drug-likeness (QED) is 0.464. The molecular weight excluding hydrogens is 506 g/mol. The number of aromatic nitrogens is 2. The Morgan fingerprint density at radius 3 is 2.45 bits per heavy atom. The van der Waals surface area contributed by atoms with Crippen LogP contribution in [0.1, 0.15) is 29.4 Å². The van der Waals surface area contributed by atoms with E-state index in [1.54, 1.807) is 12.1 Å². The number of ether oxygens (including phenoxy) is 1. The predicted molar refractivity (Wildman–Crippen MR) is 154 cm³/mol. The summed E-state index contributed by atoms with van der Waals surface area (Å²) in [7, 11) is 1.96. The minimum atomic E-state index is -0.311. The van der Waals surface area contributed by atoms with E-state index in [0.717, 1.165) is 75.9 Å². The summed E-state index contributed by atoms with van der Waals surface area (Å²) >= 11 is 0. The van der Waals surface area contributed by atoms with Gasteiger partial charge in [0.05, 0.1) is 5.69 Å². The van der Waals surface area contributed by atoms with Gasteiger partial charge in [-0.05, 0) is 30.5 Å². The molecule has 0 spiro atoms. The predicted octanol–water partition coefficient (Wildman–Crippen LogP) is 2.07. The largest absolute Gasteiger partial charge is 0.503 e. The molecule has 1 aromatic carbocycles. The topological polar surface area (TPSA) is 83.2 Å². The molecule has 2 bridgehead atoms. The van der Waals surface area contributed by atoms with Crippen LogP contribution in [0.3, 0.4) is 0 Å². The molecule has 212 valence electrons. The number of hydrogen-bond donors (Lipinski definition) is 1. The fraction of sp³-hybridized carbons (Fsp3) is 0.484. The molecule has 9 nitrogen and oxygen atoms in total. The number of piperazine rings is 1. The molecule has 9 heteroatoms. The van der Waals surface area contributed by atoms with Gasteiger partial charge in [-0.2, -0.15) is 0 Å². The molecular formula is C31H39N5O4. The fourth-order valence-electron chi connectivity index (χ4n) is 6.67. The van der Waals surface area contributed by atoms with Gasteiger partial charge in [0.25, 0.3) is 5.56 Å². The number of nitrogens with zero attached hydrogens (tertiary/aromatic N) is 5. The Hall–Kier alpha value is -3.40. The number of hydrogen-bond acceptors (Lipinski definition) is 7. The second-order valence-electron chi connectivity index (χ2n) is 11.5. The maximum Gasteiger partial charge on any atom is 0.250 e. The summed E-state index contributed by atoms with van der Waals surface area (Å²) in [4.78, 5) is 32.3. The van der Waals surface area contributed by atoms with Crippen LogP contribution in [0.5, 0.6) is 11.5 Å². The van der Waals surface area contributed by atoms with Crippen LogP contribution in [-0.2, 0) is 26.7 Å². The standard InChI is InChI=1S/C31H39N5O4/c1-32-25(21-35-18-23-16-24(20-35)27-8-5-9-30(38)36(27)19-23)17-29(37)31(39)28(32)22-34-12-10-33(11-13-34)14-15-40-26-6-3-2-4-7-26/h2-9,17,23-24,39H,10-16,18-22H2,1H3/t23-,24+/m1/s1. The van der Waals surface area contributed by atoms with Crippen LogP contribution in [0, 0.1) is 5.92 Å². The Balaban J connectivity index is 1.07. The Kier molecular flexibility index (Phi) is 7.78. The van der Waals surface area contributed by atoms with E-state index >= 15 is 0 Å². The van der Waals surface area contributed by atoms with Crippen molar-refractivity contribution < 1.29 is 9.84 Å². The SMILES string of the molecule is Cn1c(CN2C[C@H]3C[C@@H](C2)c2cccc(=O)n2C3)cc(=O)c(O)c1CN1CCN(CCOc2ccccc2)CC1. The highest BCUT2D eigenvalue weighted by atomic mass is 16.5. The molecule has 3 aliphatic heterocycles. The first-order valence-corrected chi connectivity index (χ1v) is 14.4. The zero-order valence-electron chi connectivity index (χ0n) is 23.2. The molecule has 5 heterocycles. The summed E-state index contributed by atoms with van der Waals surface area (Å²) in [5.41, 5.74) is 2.50. The van der Waals surface area contributed by atoms with E-state index in [-0.39, 0.29) is 16.7 Å². The van der Waals surface area contributed by atoms with Crippen molar-refractivity contribution >= 4 is 0 Å². The van der Waals surface area contributed by atoms with Crippen molar-refractivity contribution in [1.29, 1.82) is 0 Å². The summed E-state index contributed by atoms with van der Waals surface area (Å²) in [6.45, 7) is 8.83. The molecule has 3 aromatic rings. The zero-order chi connectivity index (χ0) is 27.6. The number of likely N-dealkylation sites (tertiary alicyclic amines) is 1. The summed E-state index contributed by atoms with van der Waals surface area (Å²) in [6, 6.07) is 17.1. The third-order valence-electron chi connectivity index (χ3n) is 8.84. The van der Waals surface area contributed by atoms with E-state index in [9.17, 15) is 14.7 Å². The summed E-state index contributed by atoms with van der Waals surface area (Å²) in [5.74, 6) is 1.50. The number of piperidine rings is 1. The van der Waals surface area contributed by atoms with Crippen molar-refractivity contribution in [2.24, 2.45) is 13.0 Å². The van der Waals surface area contributed by atoms with Gasteiger partial charge in [0.2, 0.25) is 5.43 Å². The average Bonchev–Trinajstić information content (AvgIpc) is 2.96. The Morgan fingerprint density at radius 1 is 0.875 bits per heavy atom. The zero-order valence-corrected chi connectivity index (χ0v) is 23.2. The van der Waals surface area contributed by atoms with Gasteiger partial charge in [0.15, 0.2) is 5.75 Å². The number of aromatic hydroxyl groups is 1. The second-order valence-corrected chi connectivity index (χ2v) is 11.5. The molecule has 6 rings (SSSR count). The third-order valence-corrected chi connectivity index (χ3v) is 8.84. The monoisotopic (exact) mass is 545 g/mol. The van der Waals surface area contributed by atoms with Crippen molar-refractivity contribution in [1.82, 2.24) is 23.8 Å². The highest BCUT2D eigenvalue weighted by Crippen LogP contribution is 2.35. The number of fused-ring (bicyclic) bond motifs is 4. The minimum Gasteiger partial charge on any atom is -0.503 e. The maximum absolute atomic E-state index is 12.8. The molecule has 0 radical (unpaired) electrons. The molecule has 0 amide bonds. The van der Waals surface area contributed by atoms with Crippen LogP contribution in [0.25, 0.3) is 0 Å². The number of pyridine rings is 2. The molecule has 0 saturated carbocycles. The van der Waals surface area contributed by atoms with Crippen LogP contribution in [0.4, 0.5) is 0 Å². The van der Waals surface area contributed by atoms with Gasteiger partial charge < -0.3 is 19.0 Å². The fourth-order valence-corrected chi connectivity index (χ4v) is 6.67.